The van der Waals surface area contributed by atoms with Crippen LogP contribution in [0.25, 0.3) is 0 Å². The molecule has 1 N–H and O–H groups in total. The lowest BCUT2D eigenvalue weighted by atomic mass is 9.95. The average molecular weight is 239 g/mol. The number of rotatable bonds is 7. The van der Waals surface area contributed by atoms with Gasteiger partial charge in [0.1, 0.15) is 0 Å². The molecule has 1 atom stereocenters. The van der Waals surface area contributed by atoms with Crippen LogP contribution < -0.4 is 5.32 Å². The van der Waals surface area contributed by atoms with E-state index in [0.717, 1.165) is 25.3 Å². The van der Waals surface area contributed by atoms with Gasteiger partial charge in [-0.25, -0.2) is 0 Å². The fraction of sp³-hybridized carbons (Fsp3) is 0.769. The van der Waals surface area contributed by atoms with Crippen LogP contribution in [0.1, 0.15) is 45.9 Å². The molecular formula is C13H25N3O. The lowest BCUT2D eigenvalue weighted by Gasteiger charge is -2.35. The molecule has 0 aliphatic heterocycles. The highest BCUT2D eigenvalue weighted by molar-refractivity contribution is 5.11. The van der Waals surface area contributed by atoms with E-state index in [2.05, 4.69) is 31.2 Å². The lowest BCUT2D eigenvalue weighted by molar-refractivity contribution is -0.0409. The first-order valence-corrected chi connectivity index (χ1v) is 6.38. The van der Waals surface area contributed by atoms with Gasteiger partial charge in [-0.15, -0.1) is 0 Å². The highest BCUT2D eigenvalue weighted by Crippen LogP contribution is 2.28. The molecule has 0 bridgehead atoms. The summed E-state index contributed by atoms with van der Waals surface area (Å²) in [6, 6.07) is 2.21. The van der Waals surface area contributed by atoms with Gasteiger partial charge < -0.3 is 10.1 Å². The maximum Gasteiger partial charge on any atom is 0.0835 e. The number of nitrogens with one attached hydrogen (secondary N) is 1. The molecule has 0 amide bonds. The van der Waals surface area contributed by atoms with Crippen molar-refractivity contribution in [2.45, 2.75) is 45.8 Å². The summed E-state index contributed by atoms with van der Waals surface area (Å²) in [6.45, 7) is 10.1. The molecule has 0 saturated carbocycles. The third-order valence-electron chi connectivity index (χ3n) is 2.96. The summed E-state index contributed by atoms with van der Waals surface area (Å²) in [5.41, 5.74) is 0.925. The Morgan fingerprint density at radius 1 is 1.47 bits per heavy atom. The van der Waals surface area contributed by atoms with E-state index in [0.29, 0.717) is 0 Å². The Morgan fingerprint density at radius 2 is 2.18 bits per heavy atom. The Morgan fingerprint density at radius 3 is 2.65 bits per heavy atom. The molecule has 0 fully saturated rings. The molecule has 1 aromatic heterocycles. The fourth-order valence-corrected chi connectivity index (χ4v) is 2.12. The van der Waals surface area contributed by atoms with Gasteiger partial charge in [0.05, 0.1) is 17.3 Å². The Hall–Kier alpha value is -0.870. The maximum atomic E-state index is 5.86. The van der Waals surface area contributed by atoms with Crippen molar-refractivity contribution in [3.63, 3.8) is 0 Å². The summed E-state index contributed by atoms with van der Waals surface area (Å²) < 4.78 is 7.77. The second kappa shape index (κ2) is 6.17. The van der Waals surface area contributed by atoms with E-state index >= 15 is 0 Å². The normalized spacial score (nSPS) is 13.9. The van der Waals surface area contributed by atoms with E-state index in [1.165, 1.54) is 0 Å². The van der Waals surface area contributed by atoms with Crippen molar-refractivity contribution in [3.8, 4) is 0 Å². The molecule has 1 unspecified atom stereocenters. The zero-order valence-corrected chi connectivity index (χ0v) is 11.7. The van der Waals surface area contributed by atoms with Crippen LogP contribution in [0.5, 0.6) is 0 Å². The molecular weight excluding hydrogens is 214 g/mol. The number of aromatic nitrogens is 2. The Balaban J connectivity index is 2.91. The predicted molar refractivity (Wildman–Crippen MR) is 69.9 cm³/mol. The Labute approximate surface area is 104 Å². The summed E-state index contributed by atoms with van der Waals surface area (Å²) in [4.78, 5) is 0. The summed E-state index contributed by atoms with van der Waals surface area (Å²) in [5, 5.41) is 7.79. The van der Waals surface area contributed by atoms with Crippen LogP contribution in [0, 0.1) is 0 Å². The van der Waals surface area contributed by atoms with E-state index in [1.807, 2.05) is 30.9 Å². The first-order chi connectivity index (χ1) is 8.03. The van der Waals surface area contributed by atoms with Crippen LogP contribution in [0.15, 0.2) is 12.3 Å². The smallest absolute Gasteiger partial charge is 0.0835 e. The zero-order valence-electron chi connectivity index (χ0n) is 11.7. The highest BCUT2D eigenvalue weighted by Gasteiger charge is 2.32. The lowest BCUT2D eigenvalue weighted by Crippen LogP contribution is -2.42. The number of hydrogen-bond donors (Lipinski definition) is 1. The summed E-state index contributed by atoms with van der Waals surface area (Å²) in [6.07, 6.45) is 2.94. The van der Waals surface area contributed by atoms with E-state index in [4.69, 9.17) is 4.74 Å². The molecule has 4 nitrogen and oxygen atoms in total. The summed E-state index contributed by atoms with van der Waals surface area (Å²) >= 11 is 0. The van der Waals surface area contributed by atoms with E-state index in [9.17, 15) is 0 Å². The SMILES string of the molecule is CCCNC(c1ccnn1C)C(C)(C)OCC. The molecule has 1 heterocycles. The van der Waals surface area contributed by atoms with E-state index in [-0.39, 0.29) is 11.6 Å². The third-order valence-corrected chi connectivity index (χ3v) is 2.96. The molecule has 98 valence electrons. The van der Waals surface area contributed by atoms with Gasteiger partial charge >= 0.3 is 0 Å². The largest absolute Gasteiger partial charge is 0.374 e. The molecule has 0 saturated heterocycles. The van der Waals surface area contributed by atoms with Crippen molar-refractivity contribution in [1.29, 1.82) is 0 Å². The standard InChI is InChI=1S/C13H25N3O/c1-6-9-14-12(13(3,4)17-7-2)11-8-10-15-16(11)5/h8,10,12,14H,6-7,9H2,1-5H3. The van der Waals surface area contributed by atoms with Crippen LogP contribution in [0.3, 0.4) is 0 Å². The highest BCUT2D eigenvalue weighted by atomic mass is 16.5. The molecule has 17 heavy (non-hydrogen) atoms. The number of nitrogens with zero attached hydrogens (tertiary/aromatic N) is 2. The monoisotopic (exact) mass is 239 g/mol. The first kappa shape index (κ1) is 14.2. The molecule has 0 aromatic carbocycles. The molecule has 4 heteroatoms. The van der Waals surface area contributed by atoms with Crippen LogP contribution in [-0.4, -0.2) is 28.5 Å². The maximum absolute atomic E-state index is 5.86. The third kappa shape index (κ3) is 3.54. The van der Waals surface area contributed by atoms with Gasteiger partial charge in [-0.3, -0.25) is 4.68 Å². The zero-order chi connectivity index (χ0) is 12.9. The molecule has 0 radical (unpaired) electrons. The first-order valence-electron chi connectivity index (χ1n) is 6.38. The van der Waals surface area contributed by atoms with Crippen molar-refractivity contribution >= 4 is 0 Å². The fourth-order valence-electron chi connectivity index (χ4n) is 2.12. The molecule has 0 aliphatic carbocycles. The predicted octanol–water partition coefficient (Wildman–Crippen LogP) is 2.28. The second-order valence-electron chi connectivity index (χ2n) is 4.80. The van der Waals surface area contributed by atoms with Gasteiger partial charge in [0, 0.05) is 19.9 Å². The van der Waals surface area contributed by atoms with Crippen molar-refractivity contribution in [2.24, 2.45) is 7.05 Å². The quantitative estimate of drug-likeness (QED) is 0.793. The number of aryl methyl sites for hydroxylation is 1. The molecule has 1 rings (SSSR count). The molecule has 0 aliphatic rings. The second-order valence-corrected chi connectivity index (χ2v) is 4.80. The van der Waals surface area contributed by atoms with Gasteiger partial charge in [0.15, 0.2) is 0 Å². The number of hydrogen-bond acceptors (Lipinski definition) is 3. The number of ether oxygens (including phenoxy) is 1. The van der Waals surface area contributed by atoms with Crippen LogP contribution in [-0.2, 0) is 11.8 Å². The van der Waals surface area contributed by atoms with Crippen LogP contribution >= 0.6 is 0 Å². The molecule has 1 aromatic rings. The Kier molecular flexibility index (Phi) is 5.15. The van der Waals surface area contributed by atoms with Gasteiger partial charge in [-0.1, -0.05) is 6.92 Å². The van der Waals surface area contributed by atoms with Gasteiger partial charge in [0.25, 0.3) is 0 Å². The van der Waals surface area contributed by atoms with Crippen LogP contribution in [0.4, 0.5) is 0 Å². The van der Waals surface area contributed by atoms with Gasteiger partial charge in [-0.2, -0.15) is 5.10 Å². The Bertz CT molecular complexity index is 333. The topological polar surface area (TPSA) is 39.1 Å². The van der Waals surface area contributed by atoms with Gasteiger partial charge in [0.2, 0.25) is 0 Å². The van der Waals surface area contributed by atoms with Crippen molar-refractivity contribution < 1.29 is 4.74 Å². The molecule has 0 spiro atoms. The van der Waals surface area contributed by atoms with Gasteiger partial charge in [-0.05, 0) is 39.8 Å². The minimum Gasteiger partial charge on any atom is -0.374 e. The van der Waals surface area contributed by atoms with Crippen LogP contribution in [0.2, 0.25) is 0 Å². The minimum atomic E-state index is -0.238. The minimum absolute atomic E-state index is 0.162. The average Bonchev–Trinajstić information content (AvgIpc) is 2.65. The summed E-state index contributed by atoms with van der Waals surface area (Å²) in [5.74, 6) is 0. The van der Waals surface area contributed by atoms with Crippen molar-refractivity contribution in [2.75, 3.05) is 13.2 Å². The van der Waals surface area contributed by atoms with Crippen molar-refractivity contribution in [1.82, 2.24) is 15.1 Å². The van der Waals surface area contributed by atoms with Crippen molar-refractivity contribution in [3.05, 3.63) is 18.0 Å². The summed E-state index contributed by atoms with van der Waals surface area (Å²) in [7, 11) is 1.97. The van der Waals surface area contributed by atoms with E-state index < -0.39 is 0 Å². The van der Waals surface area contributed by atoms with E-state index in [1.54, 1.807) is 0 Å².